The molecule has 0 aliphatic rings. The van der Waals surface area contributed by atoms with Crippen molar-refractivity contribution in [1.29, 1.82) is 0 Å². The van der Waals surface area contributed by atoms with Gasteiger partial charge in [0.25, 0.3) is 0 Å². The molecule has 4 heteroatoms. The van der Waals surface area contributed by atoms with Crippen molar-refractivity contribution in [1.82, 2.24) is 0 Å². The average Bonchev–Trinajstić information content (AvgIpc) is 2.25. The van der Waals surface area contributed by atoms with Crippen LogP contribution in [0.1, 0.15) is 0 Å². The molecule has 0 spiro atoms. The summed E-state index contributed by atoms with van der Waals surface area (Å²) in [5, 5.41) is 0. The minimum absolute atomic E-state index is 0.200. The Kier molecular flexibility index (Phi) is 5.08. The molecule has 0 amide bonds. The summed E-state index contributed by atoms with van der Waals surface area (Å²) in [6.45, 7) is 0.698. The van der Waals surface area contributed by atoms with Crippen LogP contribution in [0.4, 0.5) is 5.69 Å². The maximum absolute atomic E-state index is 5.15. The van der Waals surface area contributed by atoms with Crippen molar-refractivity contribution < 1.29 is 9.47 Å². The van der Waals surface area contributed by atoms with Gasteiger partial charge in [-0.2, -0.15) is 0 Å². The average molecular weight is 274 g/mol. The monoisotopic (exact) mass is 273 g/mol. The van der Waals surface area contributed by atoms with E-state index < -0.39 is 0 Å². The van der Waals surface area contributed by atoms with Gasteiger partial charge in [-0.25, -0.2) is 0 Å². The molecule has 84 valence electrons. The van der Waals surface area contributed by atoms with E-state index in [-0.39, 0.29) is 6.29 Å². The van der Waals surface area contributed by atoms with Gasteiger partial charge in [0.15, 0.2) is 6.29 Å². The lowest BCUT2D eigenvalue weighted by Gasteiger charge is -2.24. The summed E-state index contributed by atoms with van der Waals surface area (Å²) in [6, 6.07) is 8.11. The van der Waals surface area contributed by atoms with E-state index in [1.165, 1.54) is 0 Å². The Labute approximate surface area is 99.1 Å². The van der Waals surface area contributed by atoms with Gasteiger partial charge in [0, 0.05) is 31.4 Å². The van der Waals surface area contributed by atoms with Crippen molar-refractivity contribution in [3.8, 4) is 0 Å². The number of hydrogen-bond donors (Lipinski definition) is 0. The molecular weight excluding hydrogens is 258 g/mol. The van der Waals surface area contributed by atoms with Crippen LogP contribution in [0.25, 0.3) is 0 Å². The van der Waals surface area contributed by atoms with Crippen molar-refractivity contribution in [2.45, 2.75) is 6.29 Å². The number of methoxy groups -OCH3 is 2. The van der Waals surface area contributed by atoms with E-state index in [9.17, 15) is 0 Å². The zero-order chi connectivity index (χ0) is 11.3. The second-order valence-electron chi connectivity index (χ2n) is 3.26. The van der Waals surface area contributed by atoms with Crippen LogP contribution in [-0.2, 0) is 9.47 Å². The molecule has 0 aliphatic carbocycles. The smallest absolute Gasteiger partial charge is 0.174 e. The summed E-state index contributed by atoms with van der Waals surface area (Å²) in [7, 11) is 5.29. The number of benzene rings is 1. The second-order valence-corrected chi connectivity index (χ2v) is 4.18. The Hall–Kier alpha value is -0.580. The summed E-state index contributed by atoms with van der Waals surface area (Å²) in [5.41, 5.74) is 1.13. The highest BCUT2D eigenvalue weighted by Crippen LogP contribution is 2.19. The first-order chi connectivity index (χ1) is 7.17. The first-order valence-electron chi connectivity index (χ1n) is 4.69. The molecule has 0 fully saturated rings. The van der Waals surface area contributed by atoms with E-state index in [1.54, 1.807) is 14.2 Å². The number of nitrogens with zero attached hydrogens (tertiary/aromatic N) is 1. The van der Waals surface area contributed by atoms with E-state index in [4.69, 9.17) is 9.47 Å². The van der Waals surface area contributed by atoms with E-state index in [0.717, 1.165) is 10.2 Å². The number of ether oxygens (including phenoxy) is 2. The highest BCUT2D eigenvalue weighted by atomic mass is 79.9. The van der Waals surface area contributed by atoms with Crippen LogP contribution < -0.4 is 4.90 Å². The van der Waals surface area contributed by atoms with Crippen LogP contribution >= 0.6 is 15.9 Å². The Morgan fingerprint density at radius 1 is 1.33 bits per heavy atom. The molecule has 0 saturated carbocycles. The number of rotatable bonds is 5. The first-order valence-corrected chi connectivity index (χ1v) is 5.49. The number of hydrogen-bond acceptors (Lipinski definition) is 3. The fraction of sp³-hybridized carbons (Fsp3) is 0.455. The minimum atomic E-state index is -0.200. The second kappa shape index (κ2) is 6.10. The van der Waals surface area contributed by atoms with E-state index in [1.807, 2.05) is 25.2 Å². The topological polar surface area (TPSA) is 21.7 Å². The lowest BCUT2D eigenvalue weighted by molar-refractivity contribution is -0.0944. The zero-order valence-electron chi connectivity index (χ0n) is 9.24. The molecule has 0 N–H and O–H groups in total. The molecule has 0 saturated heterocycles. The predicted octanol–water partition coefficient (Wildman–Crippen LogP) is 2.50. The Morgan fingerprint density at radius 3 is 2.53 bits per heavy atom. The number of likely N-dealkylation sites (N-methyl/N-ethyl adjacent to an activating group) is 1. The largest absolute Gasteiger partial charge is 0.369 e. The fourth-order valence-corrected chi connectivity index (χ4v) is 1.68. The van der Waals surface area contributed by atoms with Crippen molar-refractivity contribution in [2.75, 3.05) is 32.7 Å². The summed E-state index contributed by atoms with van der Waals surface area (Å²) in [5.74, 6) is 0. The quantitative estimate of drug-likeness (QED) is 0.770. The Bertz CT molecular complexity index is 302. The summed E-state index contributed by atoms with van der Waals surface area (Å²) in [6.07, 6.45) is -0.200. The van der Waals surface area contributed by atoms with Crippen LogP contribution in [0.15, 0.2) is 28.7 Å². The molecule has 1 aromatic rings. The number of halogens is 1. The standard InChI is InChI=1S/C11H16BrNO2/c1-13(8-11(14-2)15-3)10-6-4-5-9(12)7-10/h4-7,11H,8H2,1-3H3. The molecular formula is C11H16BrNO2. The lowest BCUT2D eigenvalue weighted by Crippen LogP contribution is -2.31. The van der Waals surface area contributed by atoms with Crippen LogP contribution in [-0.4, -0.2) is 34.1 Å². The summed E-state index contributed by atoms with van der Waals surface area (Å²) in [4.78, 5) is 2.09. The predicted molar refractivity (Wildman–Crippen MR) is 65.2 cm³/mol. The molecule has 15 heavy (non-hydrogen) atoms. The van der Waals surface area contributed by atoms with Crippen LogP contribution in [0, 0.1) is 0 Å². The molecule has 3 nitrogen and oxygen atoms in total. The van der Waals surface area contributed by atoms with Gasteiger partial charge < -0.3 is 14.4 Å². The van der Waals surface area contributed by atoms with E-state index >= 15 is 0 Å². The van der Waals surface area contributed by atoms with Crippen molar-refractivity contribution in [3.63, 3.8) is 0 Å². The number of anilines is 1. The van der Waals surface area contributed by atoms with Gasteiger partial charge in [-0.3, -0.25) is 0 Å². The normalized spacial score (nSPS) is 10.7. The SMILES string of the molecule is COC(CN(C)c1cccc(Br)c1)OC. The van der Waals surface area contributed by atoms with Crippen LogP contribution in [0.3, 0.4) is 0 Å². The van der Waals surface area contributed by atoms with E-state index in [0.29, 0.717) is 6.54 Å². The van der Waals surface area contributed by atoms with Crippen LogP contribution in [0.5, 0.6) is 0 Å². The van der Waals surface area contributed by atoms with Gasteiger partial charge in [-0.05, 0) is 18.2 Å². The Morgan fingerprint density at radius 2 is 2.00 bits per heavy atom. The maximum Gasteiger partial charge on any atom is 0.174 e. The third-order valence-electron chi connectivity index (χ3n) is 2.20. The third-order valence-corrected chi connectivity index (χ3v) is 2.69. The third kappa shape index (κ3) is 3.81. The van der Waals surface area contributed by atoms with Gasteiger partial charge in [0.05, 0.1) is 6.54 Å². The van der Waals surface area contributed by atoms with Crippen LogP contribution in [0.2, 0.25) is 0 Å². The first kappa shape index (κ1) is 12.5. The molecule has 0 atom stereocenters. The van der Waals surface area contributed by atoms with Gasteiger partial charge in [0.2, 0.25) is 0 Å². The van der Waals surface area contributed by atoms with Gasteiger partial charge >= 0.3 is 0 Å². The molecule has 1 aromatic carbocycles. The molecule has 0 radical (unpaired) electrons. The summed E-state index contributed by atoms with van der Waals surface area (Å²) < 4.78 is 11.4. The van der Waals surface area contributed by atoms with Gasteiger partial charge in [-0.1, -0.05) is 22.0 Å². The molecule has 0 unspecified atom stereocenters. The molecule has 0 aromatic heterocycles. The molecule has 0 aliphatic heterocycles. The fourth-order valence-electron chi connectivity index (χ4n) is 1.29. The Balaban J connectivity index is 2.64. The van der Waals surface area contributed by atoms with Crippen molar-refractivity contribution in [2.24, 2.45) is 0 Å². The molecule has 0 bridgehead atoms. The van der Waals surface area contributed by atoms with E-state index in [2.05, 4.69) is 26.9 Å². The lowest BCUT2D eigenvalue weighted by atomic mass is 10.3. The maximum atomic E-state index is 5.15. The summed E-state index contributed by atoms with van der Waals surface area (Å²) >= 11 is 3.44. The van der Waals surface area contributed by atoms with Crippen molar-refractivity contribution >= 4 is 21.6 Å². The van der Waals surface area contributed by atoms with Gasteiger partial charge in [-0.15, -0.1) is 0 Å². The minimum Gasteiger partial charge on any atom is -0.369 e. The van der Waals surface area contributed by atoms with Crippen molar-refractivity contribution in [3.05, 3.63) is 28.7 Å². The highest BCUT2D eigenvalue weighted by molar-refractivity contribution is 9.10. The molecule has 1 rings (SSSR count). The van der Waals surface area contributed by atoms with Gasteiger partial charge in [0.1, 0.15) is 0 Å². The highest BCUT2D eigenvalue weighted by Gasteiger charge is 2.09. The molecule has 0 heterocycles. The zero-order valence-corrected chi connectivity index (χ0v) is 10.8.